The minimum atomic E-state index is 0.497. The van der Waals surface area contributed by atoms with Gasteiger partial charge < -0.3 is 4.90 Å². The van der Waals surface area contributed by atoms with Crippen molar-refractivity contribution in [1.29, 1.82) is 0 Å². The number of piperidine rings is 1. The molecule has 1 aliphatic heterocycles. The van der Waals surface area contributed by atoms with Gasteiger partial charge in [-0.25, -0.2) is 15.0 Å². The van der Waals surface area contributed by atoms with Gasteiger partial charge in [0.2, 0.25) is 0 Å². The third-order valence-electron chi connectivity index (χ3n) is 4.54. The van der Waals surface area contributed by atoms with Crippen molar-refractivity contribution < 1.29 is 0 Å². The molecular formula is C17H19ClN6S2. The third-order valence-corrected chi connectivity index (χ3v) is 7.11. The Kier molecular flexibility index (Phi) is 5.06. The van der Waals surface area contributed by atoms with Crippen LogP contribution in [0.4, 0.5) is 10.9 Å². The molecule has 0 spiro atoms. The van der Waals surface area contributed by atoms with Gasteiger partial charge in [-0.3, -0.25) is 5.43 Å². The summed E-state index contributed by atoms with van der Waals surface area (Å²) >= 11 is 9.54. The lowest BCUT2D eigenvalue weighted by Crippen LogP contribution is -2.29. The van der Waals surface area contributed by atoms with Gasteiger partial charge in [0.15, 0.2) is 16.1 Å². The molecule has 6 nitrogen and oxygen atoms in total. The van der Waals surface area contributed by atoms with E-state index < -0.39 is 0 Å². The number of fused-ring (bicyclic) bond motifs is 1. The number of aromatic nitrogens is 3. The Morgan fingerprint density at radius 2 is 2.00 bits per heavy atom. The molecule has 0 unspecified atom stereocenters. The quantitative estimate of drug-likeness (QED) is 0.495. The minimum Gasteiger partial charge on any atom is -0.348 e. The maximum absolute atomic E-state index is 6.30. The van der Waals surface area contributed by atoms with Crippen LogP contribution in [0, 0.1) is 13.8 Å². The van der Waals surface area contributed by atoms with Crippen molar-refractivity contribution >= 4 is 61.7 Å². The fraction of sp³-hybridized carbons (Fsp3) is 0.412. The molecule has 1 N–H and O–H groups in total. The molecule has 0 radical (unpaired) electrons. The highest BCUT2D eigenvalue weighted by Gasteiger charge is 2.17. The Morgan fingerprint density at radius 1 is 1.19 bits per heavy atom. The number of nitrogens with one attached hydrogen (secondary N) is 1. The maximum atomic E-state index is 6.30. The summed E-state index contributed by atoms with van der Waals surface area (Å²) in [7, 11) is 0. The fourth-order valence-corrected chi connectivity index (χ4v) is 5.19. The zero-order valence-corrected chi connectivity index (χ0v) is 17.0. The molecule has 0 aliphatic carbocycles. The second kappa shape index (κ2) is 7.46. The number of thiazole rings is 1. The predicted octanol–water partition coefficient (Wildman–Crippen LogP) is 4.85. The second-order valence-corrected chi connectivity index (χ2v) is 8.83. The van der Waals surface area contributed by atoms with Crippen molar-refractivity contribution in [1.82, 2.24) is 15.0 Å². The summed E-state index contributed by atoms with van der Waals surface area (Å²) in [6, 6.07) is 0. The normalized spacial score (nSPS) is 15.3. The van der Waals surface area contributed by atoms with Crippen LogP contribution in [-0.4, -0.2) is 34.3 Å². The zero-order chi connectivity index (χ0) is 18.1. The molecule has 1 saturated heterocycles. The largest absolute Gasteiger partial charge is 0.348 e. The van der Waals surface area contributed by atoms with Gasteiger partial charge in [0.25, 0.3) is 0 Å². The van der Waals surface area contributed by atoms with Crippen molar-refractivity contribution in [3.05, 3.63) is 26.8 Å². The fourth-order valence-electron chi connectivity index (χ4n) is 3.02. The van der Waals surface area contributed by atoms with E-state index in [1.54, 1.807) is 35.2 Å². The molecule has 4 heterocycles. The summed E-state index contributed by atoms with van der Waals surface area (Å²) in [5.41, 5.74) is 4.22. The van der Waals surface area contributed by atoms with Crippen LogP contribution in [0.2, 0.25) is 5.15 Å². The van der Waals surface area contributed by atoms with Gasteiger partial charge in [-0.05, 0) is 38.7 Å². The van der Waals surface area contributed by atoms with E-state index in [9.17, 15) is 0 Å². The van der Waals surface area contributed by atoms with E-state index in [-0.39, 0.29) is 0 Å². The maximum Gasteiger partial charge on any atom is 0.187 e. The van der Waals surface area contributed by atoms with E-state index in [1.807, 2.05) is 0 Å². The highest BCUT2D eigenvalue weighted by Crippen LogP contribution is 2.33. The number of thiophene rings is 1. The predicted molar refractivity (Wildman–Crippen MR) is 111 cm³/mol. The van der Waals surface area contributed by atoms with Crippen LogP contribution in [0.15, 0.2) is 11.4 Å². The summed E-state index contributed by atoms with van der Waals surface area (Å²) < 4.78 is 0. The van der Waals surface area contributed by atoms with Crippen LogP contribution >= 0.6 is 34.3 Å². The lowest BCUT2D eigenvalue weighted by molar-refractivity contribution is 0.577. The molecule has 3 aromatic rings. The molecule has 4 rings (SSSR count). The first-order chi connectivity index (χ1) is 12.6. The summed E-state index contributed by atoms with van der Waals surface area (Å²) in [4.78, 5) is 18.5. The molecule has 0 saturated carbocycles. The number of nitrogens with zero attached hydrogens (tertiary/aromatic N) is 5. The molecule has 9 heteroatoms. The van der Waals surface area contributed by atoms with Crippen LogP contribution in [0.25, 0.3) is 10.2 Å². The monoisotopic (exact) mass is 406 g/mol. The number of rotatable bonds is 4. The summed E-state index contributed by atoms with van der Waals surface area (Å²) in [5, 5.41) is 6.84. The van der Waals surface area contributed by atoms with Crippen LogP contribution in [0.5, 0.6) is 0 Å². The van der Waals surface area contributed by atoms with E-state index in [2.05, 4.69) is 44.2 Å². The topological polar surface area (TPSA) is 66.3 Å². The first kappa shape index (κ1) is 17.6. The van der Waals surface area contributed by atoms with Crippen LogP contribution < -0.4 is 10.3 Å². The molecule has 0 bridgehead atoms. The van der Waals surface area contributed by atoms with E-state index >= 15 is 0 Å². The van der Waals surface area contributed by atoms with Gasteiger partial charge in [0, 0.05) is 18.0 Å². The van der Waals surface area contributed by atoms with Crippen molar-refractivity contribution in [3.8, 4) is 0 Å². The Morgan fingerprint density at radius 3 is 2.81 bits per heavy atom. The van der Waals surface area contributed by atoms with Gasteiger partial charge >= 0.3 is 0 Å². The van der Waals surface area contributed by atoms with Gasteiger partial charge in [-0.1, -0.05) is 22.9 Å². The van der Waals surface area contributed by atoms with Crippen molar-refractivity contribution in [3.63, 3.8) is 0 Å². The smallest absolute Gasteiger partial charge is 0.187 e. The standard InChI is InChI=1S/C17H19ClN6S2/c1-10-11(2)25-16-13(10)15(19-9-20-16)23-21-8-12-14(18)22-17(26-12)24-6-4-3-5-7-24/h8-9H,3-7H2,1-2H3,(H,19,20,23)/b21-8-. The molecule has 0 aromatic carbocycles. The molecule has 26 heavy (non-hydrogen) atoms. The molecule has 0 atom stereocenters. The molecule has 1 aliphatic rings. The molecule has 3 aromatic heterocycles. The number of anilines is 2. The minimum absolute atomic E-state index is 0.497. The van der Waals surface area contributed by atoms with Crippen LogP contribution in [-0.2, 0) is 0 Å². The van der Waals surface area contributed by atoms with Crippen LogP contribution in [0.1, 0.15) is 34.6 Å². The summed E-state index contributed by atoms with van der Waals surface area (Å²) in [6.07, 6.45) is 7.00. The Labute approximate surface area is 165 Å². The van der Waals surface area contributed by atoms with Crippen molar-refractivity contribution in [2.45, 2.75) is 33.1 Å². The molecule has 1 fully saturated rings. The third kappa shape index (κ3) is 3.41. The average molecular weight is 407 g/mol. The summed E-state index contributed by atoms with van der Waals surface area (Å²) in [6.45, 7) is 6.27. The summed E-state index contributed by atoms with van der Waals surface area (Å²) in [5.74, 6) is 0.713. The number of halogens is 1. The number of hydrazone groups is 1. The zero-order valence-electron chi connectivity index (χ0n) is 14.6. The second-order valence-electron chi connectivity index (χ2n) is 6.25. The van der Waals surface area contributed by atoms with Gasteiger partial charge in [-0.2, -0.15) is 5.10 Å². The van der Waals surface area contributed by atoms with E-state index in [4.69, 9.17) is 11.6 Å². The molecule has 136 valence electrons. The van der Waals surface area contributed by atoms with Gasteiger partial charge in [0.1, 0.15) is 11.2 Å². The number of hydrogen-bond donors (Lipinski definition) is 1. The first-order valence-electron chi connectivity index (χ1n) is 8.54. The Balaban J connectivity index is 1.53. The lowest BCUT2D eigenvalue weighted by Gasteiger charge is -2.25. The number of hydrogen-bond acceptors (Lipinski definition) is 8. The SMILES string of the molecule is Cc1sc2ncnc(N/N=C\c3sc(N4CCCCC4)nc3Cl)c2c1C. The Bertz CT molecular complexity index is 958. The highest BCUT2D eigenvalue weighted by atomic mass is 35.5. The molecule has 0 amide bonds. The van der Waals surface area contributed by atoms with E-state index in [0.29, 0.717) is 11.0 Å². The van der Waals surface area contributed by atoms with Crippen LogP contribution in [0.3, 0.4) is 0 Å². The van der Waals surface area contributed by atoms with Gasteiger partial charge in [-0.15, -0.1) is 11.3 Å². The average Bonchev–Trinajstić information content (AvgIpc) is 3.16. The Hall–Kier alpha value is -1.77. The highest BCUT2D eigenvalue weighted by molar-refractivity contribution is 7.19. The van der Waals surface area contributed by atoms with Gasteiger partial charge in [0.05, 0.1) is 16.5 Å². The number of aryl methyl sites for hydroxylation is 2. The van der Waals surface area contributed by atoms with E-state index in [1.165, 1.54) is 29.7 Å². The van der Waals surface area contributed by atoms with Crippen molar-refractivity contribution in [2.75, 3.05) is 23.4 Å². The van der Waals surface area contributed by atoms with Crippen molar-refractivity contribution in [2.24, 2.45) is 5.10 Å². The van der Waals surface area contributed by atoms with E-state index in [0.717, 1.165) is 33.3 Å². The molecular weight excluding hydrogens is 388 g/mol. The lowest BCUT2D eigenvalue weighted by atomic mass is 10.1. The first-order valence-corrected chi connectivity index (χ1v) is 10.6.